The molecule has 1 atom stereocenters. The molecule has 0 saturated heterocycles. The second kappa shape index (κ2) is 8.68. The van der Waals surface area contributed by atoms with Crippen molar-refractivity contribution in [2.24, 2.45) is 5.92 Å². The van der Waals surface area contributed by atoms with Crippen molar-refractivity contribution in [3.05, 3.63) is 0 Å². The van der Waals surface area contributed by atoms with Gasteiger partial charge in [-0.1, -0.05) is 13.8 Å². The summed E-state index contributed by atoms with van der Waals surface area (Å²) in [6.45, 7) is 4.28. The molecule has 4 heteroatoms. The monoisotopic (exact) mass is 217 g/mol. The molecule has 0 spiro atoms. The molecule has 0 aliphatic rings. The summed E-state index contributed by atoms with van der Waals surface area (Å²) < 4.78 is 0. The van der Waals surface area contributed by atoms with E-state index in [2.05, 4.69) is 5.32 Å². The van der Waals surface area contributed by atoms with Gasteiger partial charge >= 0.3 is 0 Å². The van der Waals surface area contributed by atoms with Crippen LogP contribution in [0.5, 0.6) is 0 Å². The molecule has 1 unspecified atom stereocenters. The van der Waals surface area contributed by atoms with Crippen molar-refractivity contribution < 1.29 is 15.0 Å². The van der Waals surface area contributed by atoms with Gasteiger partial charge in [-0.25, -0.2) is 0 Å². The molecule has 0 aliphatic carbocycles. The van der Waals surface area contributed by atoms with Gasteiger partial charge in [0.15, 0.2) is 0 Å². The van der Waals surface area contributed by atoms with Crippen LogP contribution in [0.4, 0.5) is 0 Å². The molecule has 0 aromatic carbocycles. The standard InChI is InChI=1S/C11H23NO3/c1-9(2)10(6-8-14)12-11(15)5-3-4-7-13/h9-10,13-14H,3-8H2,1-2H3,(H,12,15). The number of carbonyl (C=O) groups is 1. The smallest absolute Gasteiger partial charge is 0.220 e. The highest BCUT2D eigenvalue weighted by molar-refractivity contribution is 5.76. The van der Waals surface area contributed by atoms with Crippen LogP contribution in [0.3, 0.4) is 0 Å². The lowest BCUT2D eigenvalue weighted by molar-refractivity contribution is -0.122. The van der Waals surface area contributed by atoms with Crippen molar-refractivity contribution in [3.8, 4) is 0 Å². The van der Waals surface area contributed by atoms with Gasteiger partial charge in [0, 0.05) is 25.7 Å². The molecule has 1 amide bonds. The van der Waals surface area contributed by atoms with Gasteiger partial charge < -0.3 is 15.5 Å². The van der Waals surface area contributed by atoms with Crippen molar-refractivity contribution in [1.82, 2.24) is 5.32 Å². The second-order valence-electron chi connectivity index (χ2n) is 4.11. The zero-order valence-corrected chi connectivity index (χ0v) is 9.70. The van der Waals surface area contributed by atoms with Crippen molar-refractivity contribution in [1.29, 1.82) is 0 Å². The SMILES string of the molecule is CC(C)C(CCO)NC(=O)CCCCO. The molecular weight excluding hydrogens is 194 g/mol. The first-order valence-electron chi connectivity index (χ1n) is 5.63. The lowest BCUT2D eigenvalue weighted by Crippen LogP contribution is -2.39. The van der Waals surface area contributed by atoms with Gasteiger partial charge in [-0.2, -0.15) is 0 Å². The topological polar surface area (TPSA) is 69.6 Å². The van der Waals surface area contributed by atoms with Crippen molar-refractivity contribution in [3.63, 3.8) is 0 Å². The van der Waals surface area contributed by atoms with Gasteiger partial charge in [-0.3, -0.25) is 4.79 Å². The summed E-state index contributed by atoms with van der Waals surface area (Å²) in [5, 5.41) is 20.3. The first-order valence-corrected chi connectivity index (χ1v) is 5.63. The van der Waals surface area contributed by atoms with Gasteiger partial charge in [0.25, 0.3) is 0 Å². The Bertz CT molecular complexity index is 171. The Morgan fingerprint density at radius 3 is 2.33 bits per heavy atom. The van der Waals surface area contributed by atoms with E-state index in [0.29, 0.717) is 31.6 Å². The molecule has 0 aliphatic heterocycles. The van der Waals surface area contributed by atoms with Crippen LogP contribution in [-0.4, -0.2) is 35.4 Å². The number of amides is 1. The van der Waals surface area contributed by atoms with Crippen LogP contribution >= 0.6 is 0 Å². The Morgan fingerprint density at radius 1 is 1.20 bits per heavy atom. The average Bonchev–Trinajstić information content (AvgIpc) is 2.17. The molecule has 0 bridgehead atoms. The van der Waals surface area contributed by atoms with E-state index in [1.54, 1.807) is 0 Å². The third-order valence-electron chi connectivity index (χ3n) is 2.40. The van der Waals surface area contributed by atoms with E-state index >= 15 is 0 Å². The van der Waals surface area contributed by atoms with E-state index in [1.807, 2.05) is 13.8 Å². The van der Waals surface area contributed by atoms with E-state index < -0.39 is 0 Å². The van der Waals surface area contributed by atoms with Crippen LogP contribution in [0, 0.1) is 5.92 Å². The predicted octanol–water partition coefficient (Wildman–Crippen LogP) is 0.672. The van der Waals surface area contributed by atoms with Crippen molar-refractivity contribution in [2.75, 3.05) is 13.2 Å². The first kappa shape index (κ1) is 14.4. The Labute approximate surface area is 91.7 Å². The zero-order chi connectivity index (χ0) is 11.7. The fourth-order valence-electron chi connectivity index (χ4n) is 1.39. The quantitative estimate of drug-likeness (QED) is 0.523. The molecule has 90 valence electrons. The maximum Gasteiger partial charge on any atom is 0.220 e. The van der Waals surface area contributed by atoms with Gasteiger partial charge in [-0.05, 0) is 25.2 Å². The summed E-state index contributed by atoms with van der Waals surface area (Å²) in [5.41, 5.74) is 0. The Balaban J connectivity index is 3.78. The average molecular weight is 217 g/mol. The molecule has 0 heterocycles. The van der Waals surface area contributed by atoms with Gasteiger partial charge in [-0.15, -0.1) is 0 Å². The molecule has 0 fully saturated rings. The predicted molar refractivity (Wildman–Crippen MR) is 59.4 cm³/mol. The summed E-state index contributed by atoms with van der Waals surface area (Å²) in [6.07, 6.45) is 2.44. The third-order valence-corrected chi connectivity index (χ3v) is 2.40. The largest absolute Gasteiger partial charge is 0.396 e. The Hall–Kier alpha value is -0.610. The second-order valence-corrected chi connectivity index (χ2v) is 4.11. The van der Waals surface area contributed by atoms with E-state index in [9.17, 15) is 4.79 Å². The number of carbonyl (C=O) groups excluding carboxylic acids is 1. The molecular formula is C11H23NO3. The molecule has 0 aromatic heterocycles. The number of unbranched alkanes of at least 4 members (excludes halogenated alkanes) is 1. The van der Waals surface area contributed by atoms with E-state index in [4.69, 9.17) is 10.2 Å². The minimum absolute atomic E-state index is 0.00981. The lowest BCUT2D eigenvalue weighted by Gasteiger charge is -2.21. The van der Waals surface area contributed by atoms with Crippen LogP contribution in [0.2, 0.25) is 0 Å². The number of aliphatic hydroxyl groups excluding tert-OH is 2. The molecule has 0 saturated carbocycles. The van der Waals surface area contributed by atoms with Crippen LogP contribution in [0.25, 0.3) is 0 Å². The van der Waals surface area contributed by atoms with E-state index in [-0.39, 0.29) is 25.2 Å². The van der Waals surface area contributed by atoms with Crippen LogP contribution in [0.1, 0.15) is 39.5 Å². The highest BCUT2D eigenvalue weighted by Crippen LogP contribution is 2.06. The Kier molecular flexibility index (Phi) is 8.33. The van der Waals surface area contributed by atoms with Crippen LogP contribution in [0.15, 0.2) is 0 Å². The molecule has 4 nitrogen and oxygen atoms in total. The van der Waals surface area contributed by atoms with Crippen LogP contribution in [-0.2, 0) is 4.79 Å². The number of rotatable bonds is 8. The van der Waals surface area contributed by atoms with Crippen LogP contribution < -0.4 is 5.32 Å². The highest BCUT2D eigenvalue weighted by atomic mass is 16.3. The lowest BCUT2D eigenvalue weighted by atomic mass is 10.0. The number of aliphatic hydroxyl groups is 2. The van der Waals surface area contributed by atoms with E-state index in [1.165, 1.54) is 0 Å². The summed E-state index contributed by atoms with van der Waals surface area (Å²) in [7, 11) is 0. The molecule has 0 rings (SSSR count). The molecule has 0 radical (unpaired) electrons. The zero-order valence-electron chi connectivity index (χ0n) is 9.70. The maximum atomic E-state index is 11.4. The minimum atomic E-state index is 0.00981. The molecule has 3 N–H and O–H groups in total. The first-order chi connectivity index (χ1) is 7.11. The fraction of sp³-hybridized carbons (Fsp3) is 0.909. The third kappa shape index (κ3) is 7.33. The summed E-state index contributed by atoms with van der Waals surface area (Å²) in [5.74, 6) is 0.342. The number of nitrogens with one attached hydrogen (secondary N) is 1. The number of hydrogen-bond acceptors (Lipinski definition) is 3. The maximum absolute atomic E-state index is 11.4. The normalized spacial score (nSPS) is 12.9. The highest BCUT2D eigenvalue weighted by Gasteiger charge is 2.14. The van der Waals surface area contributed by atoms with E-state index in [0.717, 1.165) is 0 Å². The molecule has 15 heavy (non-hydrogen) atoms. The fourth-order valence-corrected chi connectivity index (χ4v) is 1.39. The molecule has 0 aromatic rings. The summed E-state index contributed by atoms with van der Waals surface area (Å²) in [4.78, 5) is 11.4. The van der Waals surface area contributed by atoms with Gasteiger partial charge in [0.2, 0.25) is 5.91 Å². The van der Waals surface area contributed by atoms with Crippen molar-refractivity contribution in [2.45, 2.75) is 45.6 Å². The summed E-state index contributed by atoms with van der Waals surface area (Å²) >= 11 is 0. The number of hydrogen-bond donors (Lipinski definition) is 3. The summed E-state index contributed by atoms with van der Waals surface area (Å²) in [6, 6.07) is 0.0524. The van der Waals surface area contributed by atoms with Gasteiger partial charge in [0.1, 0.15) is 0 Å². The van der Waals surface area contributed by atoms with Gasteiger partial charge in [0.05, 0.1) is 0 Å². The Morgan fingerprint density at radius 2 is 1.87 bits per heavy atom. The van der Waals surface area contributed by atoms with Crippen molar-refractivity contribution >= 4 is 5.91 Å². The minimum Gasteiger partial charge on any atom is -0.396 e.